The van der Waals surface area contributed by atoms with Crippen molar-refractivity contribution in [3.63, 3.8) is 0 Å². The van der Waals surface area contributed by atoms with E-state index in [4.69, 9.17) is 0 Å². The largest absolute Gasteiger partial charge is 0.326 e. The van der Waals surface area contributed by atoms with Crippen molar-refractivity contribution >= 4 is 38.5 Å². The highest BCUT2D eigenvalue weighted by molar-refractivity contribution is 7.90. The summed E-state index contributed by atoms with van der Waals surface area (Å²) in [6.07, 6.45) is 2.58. The summed E-state index contributed by atoms with van der Waals surface area (Å²) >= 11 is 0. The van der Waals surface area contributed by atoms with Crippen molar-refractivity contribution in [3.8, 4) is 0 Å². The normalized spacial score (nSPS) is 12.0. The van der Waals surface area contributed by atoms with E-state index in [0.29, 0.717) is 16.9 Å². The van der Waals surface area contributed by atoms with Gasteiger partial charge in [-0.3, -0.25) is 14.0 Å². The first-order valence-electron chi connectivity index (χ1n) is 8.87. The molecule has 0 aliphatic carbocycles. The number of aromatic nitrogens is 2. The van der Waals surface area contributed by atoms with Crippen LogP contribution in [0.5, 0.6) is 0 Å². The Balaban J connectivity index is 1.90. The van der Waals surface area contributed by atoms with Crippen LogP contribution in [0.1, 0.15) is 31.3 Å². The van der Waals surface area contributed by atoms with Crippen LogP contribution >= 0.6 is 0 Å². The molecule has 152 valence electrons. The van der Waals surface area contributed by atoms with Gasteiger partial charge in [-0.1, -0.05) is 32.9 Å². The number of anilines is 2. The molecule has 29 heavy (non-hydrogen) atoms. The van der Waals surface area contributed by atoms with Crippen molar-refractivity contribution in [2.75, 3.05) is 16.9 Å². The second-order valence-corrected chi connectivity index (χ2v) is 9.62. The van der Waals surface area contributed by atoms with Crippen LogP contribution in [0.2, 0.25) is 0 Å². The molecule has 0 saturated heterocycles. The summed E-state index contributed by atoms with van der Waals surface area (Å²) in [5, 5.41) is 5.30. The molecule has 1 aromatic carbocycles. The number of pyridine rings is 1. The molecular formula is C20H22N4O4S. The molecule has 0 fully saturated rings. The van der Waals surface area contributed by atoms with Gasteiger partial charge in [-0.2, -0.15) is 0 Å². The summed E-state index contributed by atoms with van der Waals surface area (Å²) in [6.45, 7) is 5.41. The number of amides is 2. The third-order valence-corrected chi connectivity index (χ3v) is 5.07. The van der Waals surface area contributed by atoms with Crippen LogP contribution in [0.3, 0.4) is 0 Å². The maximum Gasteiger partial charge on any atom is 0.276 e. The summed E-state index contributed by atoms with van der Waals surface area (Å²) in [7, 11) is -3.62. The molecule has 2 heterocycles. The van der Waals surface area contributed by atoms with Crippen LogP contribution < -0.4 is 10.6 Å². The number of fused-ring (bicyclic) bond motifs is 1. The molecule has 2 aromatic heterocycles. The predicted molar refractivity (Wildman–Crippen MR) is 111 cm³/mol. The lowest BCUT2D eigenvalue weighted by molar-refractivity contribution is -0.123. The zero-order chi connectivity index (χ0) is 21.4. The van der Waals surface area contributed by atoms with E-state index in [1.807, 2.05) is 0 Å². The third kappa shape index (κ3) is 4.45. The number of imidazole rings is 1. The molecule has 0 unspecified atom stereocenters. The van der Waals surface area contributed by atoms with E-state index < -0.39 is 21.2 Å². The van der Waals surface area contributed by atoms with Gasteiger partial charge in [0.25, 0.3) is 5.91 Å². The van der Waals surface area contributed by atoms with Gasteiger partial charge in [0.2, 0.25) is 20.9 Å². The van der Waals surface area contributed by atoms with Crippen molar-refractivity contribution in [3.05, 3.63) is 54.4 Å². The molecule has 2 N–H and O–H groups in total. The molecule has 0 bridgehead atoms. The van der Waals surface area contributed by atoms with E-state index in [9.17, 15) is 18.0 Å². The van der Waals surface area contributed by atoms with Gasteiger partial charge in [-0.15, -0.1) is 0 Å². The first kappa shape index (κ1) is 20.5. The van der Waals surface area contributed by atoms with Crippen LogP contribution in [0.25, 0.3) is 5.52 Å². The lowest BCUT2D eigenvalue weighted by Gasteiger charge is -2.18. The van der Waals surface area contributed by atoms with Crippen LogP contribution in [0.4, 0.5) is 11.4 Å². The standard InChI is InChI=1S/C20H22N4O4S/c1-20(2,3)18(26)22-14-9-7-8-13(12-14)21-17(25)16-15-10-5-6-11-24(15)19(23-16)29(4,27)28/h5-12H,1-4H3,(H,21,25)(H,22,26). The van der Waals surface area contributed by atoms with E-state index >= 15 is 0 Å². The average molecular weight is 414 g/mol. The Morgan fingerprint density at radius 1 is 1.00 bits per heavy atom. The fourth-order valence-corrected chi connectivity index (χ4v) is 3.40. The molecule has 0 aliphatic heterocycles. The van der Waals surface area contributed by atoms with E-state index in [2.05, 4.69) is 15.6 Å². The second kappa shape index (κ2) is 7.32. The number of carbonyl (C=O) groups excluding carboxylic acids is 2. The number of hydrogen-bond acceptors (Lipinski definition) is 5. The Labute approximate surface area is 168 Å². The SMILES string of the molecule is CC(C)(C)C(=O)Nc1cccc(NC(=O)c2nc(S(C)(=O)=O)n3ccccc23)c1. The second-order valence-electron chi connectivity index (χ2n) is 7.71. The summed E-state index contributed by atoms with van der Waals surface area (Å²) in [5.41, 5.74) is 0.795. The minimum absolute atomic E-state index is 0.00449. The molecule has 9 heteroatoms. The zero-order valence-corrected chi connectivity index (χ0v) is 17.4. The van der Waals surface area contributed by atoms with Gasteiger partial charge in [-0.25, -0.2) is 13.4 Å². The average Bonchev–Trinajstić information content (AvgIpc) is 3.01. The smallest absolute Gasteiger partial charge is 0.276 e. The number of benzene rings is 1. The van der Waals surface area contributed by atoms with Gasteiger partial charge in [0.05, 0.1) is 5.52 Å². The Bertz CT molecular complexity index is 1210. The van der Waals surface area contributed by atoms with E-state index in [1.54, 1.807) is 63.2 Å². The van der Waals surface area contributed by atoms with E-state index in [0.717, 1.165) is 6.26 Å². The molecule has 8 nitrogen and oxygen atoms in total. The first-order chi connectivity index (χ1) is 13.5. The Morgan fingerprint density at radius 3 is 2.28 bits per heavy atom. The number of sulfone groups is 1. The highest BCUT2D eigenvalue weighted by Gasteiger charge is 2.23. The van der Waals surface area contributed by atoms with Crippen molar-refractivity contribution in [1.29, 1.82) is 0 Å². The quantitative estimate of drug-likeness (QED) is 0.682. The van der Waals surface area contributed by atoms with Crippen molar-refractivity contribution in [2.24, 2.45) is 5.41 Å². The Kier molecular flexibility index (Phi) is 5.18. The predicted octanol–water partition coefficient (Wildman–Crippen LogP) is 2.97. The lowest BCUT2D eigenvalue weighted by atomic mass is 9.95. The number of hydrogen-bond donors (Lipinski definition) is 2. The molecule has 0 aliphatic rings. The molecule has 3 aromatic rings. The maximum atomic E-state index is 12.8. The molecule has 0 spiro atoms. The lowest BCUT2D eigenvalue weighted by Crippen LogP contribution is -2.27. The molecule has 0 radical (unpaired) electrons. The fraction of sp³-hybridized carbons (Fsp3) is 0.250. The molecule has 2 amide bonds. The topological polar surface area (TPSA) is 110 Å². The number of carbonyl (C=O) groups is 2. The Hall–Kier alpha value is -3.20. The summed E-state index contributed by atoms with van der Waals surface area (Å²) < 4.78 is 25.4. The first-order valence-corrected chi connectivity index (χ1v) is 10.8. The van der Waals surface area contributed by atoms with Crippen molar-refractivity contribution < 1.29 is 18.0 Å². The summed E-state index contributed by atoms with van der Waals surface area (Å²) in [6, 6.07) is 11.7. The summed E-state index contributed by atoms with van der Waals surface area (Å²) in [5.74, 6) is -0.707. The van der Waals surface area contributed by atoms with Gasteiger partial charge in [-0.05, 0) is 30.3 Å². The van der Waals surface area contributed by atoms with Gasteiger partial charge < -0.3 is 10.6 Å². The van der Waals surface area contributed by atoms with Gasteiger partial charge in [0.1, 0.15) is 0 Å². The van der Waals surface area contributed by atoms with Gasteiger partial charge in [0.15, 0.2) is 5.69 Å². The van der Waals surface area contributed by atoms with Crippen LogP contribution in [0, 0.1) is 5.41 Å². The molecule has 0 saturated carbocycles. The van der Waals surface area contributed by atoms with E-state index in [-0.39, 0.29) is 16.8 Å². The van der Waals surface area contributed by atoms with Crippen molar-refractivity contribution in [1.82, 2.24) is 9.38 Å². The van der Waals surface area contributed by atoms with Crippen LogP contribution in [0.15, 0.2) is 53.8 Å². The minimum Gasteiger partial charge on any atom is -0.326 e. The van der Waals surface area contributed by atoms with Crippen molar-refractivity contribution in [2.45, 2.75) is 25.9 Å². The summed E-state index contributed by atoms with van der Waals surface area (Å²) in [4.78, 5) is 29.0. The highest BCUT2D eigenvalue weighted by atomic mass is 32.2. The molecule has 3 rings (SSSR count). The molecular weight excluding hydrogens is 392 g/mol. The fourth-order valence-electron chi connectivity index (χ4n) is 2.62. The van der Waals surface area contributed by atoms with Crippen LogP contribution in [-0.2, 0) is 14.6 Å². The van der Waals surface area contributed by atoms with Gasteiger partial charge >= 0.3 is 0 Å². The van der Waals surface area contributed by atoms with Gasteiger partial charge in [0, 0.05) is 29.2 Å². The highest BCUT2D eigenvalue weighted by Crippen LogP contribution is 2.22. The minimum atomic E-state index is -3.62. The molecule has 0 atom stereocenters. The number of rotatable bonds is 4. The number of nitrogens with one attached hydrogen (secondary N) is 2. The Morgan fingerprint density at radius 2 is 1.66 bits per heavy atom. The zero-order valence-electron chi connectivity index (χ0n) is 16.6. The third-order valence-electron chi connectivity index (χ3n) is 4.12. The van der Waals surface area contributed by atoms with E-state index in [1.165, 1.54) is 10.6 Å². The number of nitrogens with zero attached hydrogens (tertiary/aromatic N) is 2. The monoisotopic (exact) mass is 414 g/mol. The van der Waals surface area contributed by atoms with Crippen LogP contribution in [-0.4, -0.2) is 35.9 Å². The maximum absolute atomic E-state index is 12.8.